The molecule has 8 heteroatoms. The molecule has 0 fully saturated rings. The van der Waals surface area contributed by atoms with Crippen molar-refractivity contribution >= 4 is 28.5 Å². The number of nitrogens with one attached hydrogen (secondary N) is 1. The van der Waals surface area contributed by atoms with E-state index in [4.69, 9.17) is 13.9 Å². The Kier molecular flexibility index (Phi) is 6.23. The van der Waals surface area contributed by atoms with Crippen LogP contribution >= 0.6 is 0 Å². The fourth-order valence-electron chi connectivity index (χ4n) is 2.71. The smallest absolute Gasteiger partial charge is 0.375 e. The molecule has 0 aliphatic carbocycles. The molecule has 3 aromatic rings. The summed E-state index contributed by atoms with van der Waals surface area (Å²) in [5, 5.41) is 2.90. The predicted octanol–water partition coefficient (Wildman–Crippen LogP) is 4.43. The number of rotatable bonds is 7. The zero-order valence-electron chi connectivity index (χ0n) is 15.8. The van der Waals surface area contributed by atoms with E-state index in [0.29, 0.717) is 23.1 Å². The highest BCUT2D eigenvalue weighted by Crippen LogP contribution is 2.27. The molecule has 0 spiro atoms. The quantitative estimate of drug-likeness (QED) is 0.591. The van der Waals surface area contributed by atoms with Crippen molar-refractivity contribution in [3.8, 4) is 0 Å². The van der Waals surface area contributed by atoms with E-state index in [2.05, 4.69) is 5.32 Å². The molecular weight excluding hydrogens is 384 g/mol. The number of para-hydroxylation sites is 1. The normalized spacial score (nSPS) is 12.0. The minimum Gasteiger partial charge on any atom is -0.449 e. The third-order valence-electron chi connectivity index (χ3n) is 4.17. The molecular formula is C21H19F2NO5. The Bertz CT molecular complexity index is 1050. The molecule has 0 bridgehead atoms. The van der Waals surface area contributed by atoms with Crippen molar-refractivity contribution in [2.75, 3.05) is 11.9 Å². The van der Waals surface area contributed by atoms with Crippen molar-refractivity contribution in [2.45, 2.75) is 26.6 Å². The lowest BCUT2D eigenvalue weighted by molar-refractivity contribution is -0.123. The Labute approximate surface area is 165 Å². The Hall–Kier alpha value is -3.26. The number of benzene rings is 2. The second-order valence-corrected chi connectivity index (χ2v) is 6.20. The zero-order valence-corrected chi connectivity index (χ0v) is 15.8. The highest BCUT2D eigenvalue weighted by molar-refractivity contribution is 5.99. The molecule has 0 aliphatic heterocycles. The Morgan fingerprint density at radius 2 is 1.93 bits per heavy atom. The maximum Gasteiger partial charge on any atom is 0.375 e. The SMILES string of the molecule is CCOCc1c(C(=O)O[C@@H](C)C(=O)Nc2cc(F)ccc2F)oc2ccccc12. The maximum absolute atomic E-state index is 13.7. The van der Waals surface area contributed by atoms with Gasteiger partial charge in [0.2, 0.25) is 5.76 Å². The van der Waals surface area contributed by atoms with Gasteiger partial charge in [0.15, 0.2) is 6.10 Å². The van der Waals surface area contributed by atoms with Crippen LogP contribution in [0.2, 0.25) is 0 Å². The second-order valence-electron chi connectivity index (χ2n) is 6.20. The number of furan rings is 1. The average molecular weight is 403 g/mol. The minimum absolute atomic E-state index is 0.0729. The predicted molar refractivity (Wildman–Crippen MR) is 101 cm³/mol. The first-order chi connectivity index (χ1) is 13.9. The van der Waals surface area contributed by atoms with Crippen LogP contribution in [0.5, 0.6) is 0 Å². The van der Waals surface area contributed by atoms with E-state index in [1.54, 1.807) is 24.3 Å². The summed E-state index contributed by atoms with van der Waals surface area (Å²) in [5.41, 5.74) is 0.642. The van der Waals surface area contributed by atoms with Crippen LogP contribution in [0.25, 0.3) is 11.0 Å². The third kappa shape index (κ3) is 4.60. The monoisotopic (exact) mass is 403 g/mol. The molecule has 2 aromatic carbocycles. The van der Waals surface area contributed by atoms with Gasteiger partial charge in [0.1, 0.15) is 17.2 Å². The van der Waals surface area contributed by atoms with Gasteiger partial charge in [-0.3, -0.25) is 4.79 Å². The number of halogens is 2. The molecule has 0 saturated heterocycles. The van der Waals surface area contributed by atoms with Gasteiger partial charge in [0.05, 0.1) is 12.3 Å². The number of amides is 1. The summed E-state index contributed by atoms with van der Waals surface area (Å²) >= 11 is 0. The van der Waals surface area contributed by atoms with E-state index in [9.17, 15) is 18.4 Å². The van der Waals surface area contributed by atoms with Crippen LogP contribution in [-0.4, -0.2) is 24.6 Å². The van der Waals surface area contributed by atoms with Crippen molar-refractivity contribution < 1.29 is 32.3 Å². The van der Waals surface area contributed by atoms with E-state index in [-0.39, 0.29) is 18.1 Å². The summed E-state index contributed by atoms with van der Waals surface area (Å²) in [7, 11) is 0. The van der Waals surface area contributed by atoms with E-state index < -0.39 is 29.6 Å². The number of hydrogen-bond acceptors (Lipinski definition) is 5. The van der Waals surface area contributed by atoms with Crippen molar-refractivity contribution in [1.82, 2.24) is 0 Å². The highest BCUT2D eigenvalue weighted by Gasteiger charge is 2.26. The van der Waals surface area contributed by atoms with Gasteiger partial charge < -0.3 is 19.2 Å². The van der Waals surface area contributed by atoms with E-state index in [1.807, 2.05) is 6.92 Å². The van der Waals surface area contributed by atoms with Crippen LogP contribution in [0.4, 0.5) is 14.5 Å². The molecule has 1 amide bonds. The van der Waals surface area contributed by atoms with Gasteiger partial charge in [0, 0.05) is 23.6 Å². The summed E-state index contributed by atoms with van der Waals surface area (Å²) in [6, 6.07) is 9.69. The van der Waals surface area contributed by atoms with E-state index in [0.717, 1.165) is 18.2 Å². The van der Waals surface area contributed by atoms with Gasteiger partial charge in [-0.2, -0.15) is 0 Å². The molecule has 1 N–H and O–H groups in total. The first-order valence-corrected chi connectivity index (χ1v) is 8.95. The summed E-state index contributed by atoms with van der Waals surface area (Å²) < 4.78 is 43.1. The topological polar surface area (TPSA) is 77.8 Å². The average Bonchev–Trinajstić information content (AvgIpc) is 3.07. The first kappa shape index (κ1) is 20.5. The summed E-state index contributed by atoms with van der Waals surface area (Å²) in [6.45, 7) is 3.70. The van der Waals surface area contributed by atoms with Crippen LogP contribution in [0.15, 0.2) is 46.9 Å². The molecule has 29 heavy (non-hydrogen) atoms. The van der Waals surface area contributed by atoms with Gasteiger partial charge in [-0.1, -0.05) is 18.2 Å². The van der Waals surface area contributed by atoms with Crippen LogP contribution < -0.4 is 5.32 Å². The van der Waals surface area contributed by atoms with E-state index >= 15 is 0 Å². The summed E-state index contributed by atoms with van der Waals surface area (Å²) in [6.07, 6.45) is -1.28. The number of fused-ring (bicyclic) bond motifs is 1. The number of carbonyl (C=O) groups excluding carboxylic acids is 2. The van der Waals surface area contributed by atoms with Crippen LogP contribution in [0.1, 0.15) is 30.0 Å². The molecule has 6 nitrogen and oxygen atoms in total. The number of carbonyl (C=O) groups is 2. The second kappa shape index (κ2) is 8.83. The van der Waals surface area contributed by atoms with E-state index in [1.165, 1.54) is 6.92 Å². The molecule has 0 saturated carbocycles. The fraction of sp³-hybridized carbons (Fsp3) is 0.238. The van der Waals surface area contributed by atoms with Gasteiger partial charge in [-0.05, 0) is 32.0 Å². The van der Waals surface area contributed by atoms with Crippen molar-refractivity contribution in [3.05, 3.63) is 65.4 Å². The Morgan fingerprint density at radius 3 is 2.69 bits per heavy atom. The Balaban J connectivity index is 1.77. The standard InChI is InChI=1S/C21H19F2NO5/c1-3-27-11-15-14-6-4-5-7-18(14)29-19(15)21(26)28-12(2)20(25)24-17-10-13(22)8-9-16(17)23/h4-10,12H,3,11H2,1-2H3,(H,24,25)/t12-/m0/s1. The number of anilines is 1. The molecule has 0 radical (unpaired) electrons. The van der Waals surface area contributed by atoms with Crippen LogP contribution in [-0.2, 0) is 20.9 Å². The molecule has 152 valence electrons. The lowest BCUT2D eigenvalue weighted by Gasteiger charge is -2.13. The molecule has 1 atom stereocenters. The van der Waals surface area contributed by atoms with Crippen LogP contribution in [0, 0.1) is 11.6 Å². The lowest BCUT2D eigenvalue weighted by Crippen LogP contribution is -2.30. The molecule has 0 aliphatic rings. The summed E-state index contributed by atoms with van der Waals surface area (Å²) in [4.78, 5) is 24.8. The molecule has 1 aromatic heterocycles. The molecule has 0 unspecified atom stereocenters. The number of hydrogen-bond donors (Lipinski definition) is 1. The third-order valence-corrected chi connectivity index (χ3v) is 4.17. The molecule has 3 rings (SSSR count). The van der Waals surface area contributed by atoms with Crippen LogP contribution in [0.3, 0.4) is 0 Å². The minimum atomic E-state index is -1.28. The van der Waals surface area contributed by atoms with Gasteiger partial charge in [-0.25, -0.2) is 13.6 Å². The molecule has 1 heterocycles. The van der Waals surface area contributed by atoms with Gasteiger partial charge in [0.25, 0.3) is 5.91 Å². The van der Waals surface area contributed by atoms with Gasteiger partial charge >= 0.3 is 5.97 Å². The first-order valence-electron chi connectivity index (χ1n) is 8.95. The van der Waals surface area contributed by atoms with Crippen molar-refractivity contribution in [1.29, 1.82) is 0 Å². The number of ether oxygens (including phenoxy) is 2. The lowest BCUT2D eigenvalue weighted by atomic mass is 10.1. The maximum atomic E-state index is 13.7. The van der Waals surface area contributed by atoms with Gasteiger partial charge in [-0.15, -0.1) is 0 Å². The fourth-order valence-corrected chi connectivity index (χ4v) is 2.71. The number of esters is 1. The Morgan fingerprint density at radius 1 is 1.17 bits per heavy atom. The van der Waals surface area contributed by atoms with Crippen molar-refractivity contribution in [2.24, 2.45) is 0 Å². The summed E-state index contributed by atoms with van der Waals surface area (Å²) in [5.74, 6) is -3.27. The van der Waals surface area contributed by atoms with Crippen molar-refractivity contribution in [3.63, 3.8) is 0 Å². The largest absolute Gasteiger partial charge is 0.449 e. The zero-order chi connectivity index (χ0) is 21.0. The highest BCUT2D eigenvalue weighted by atomic mass is 19.1.